The van der Waals surface area contributed by atoms with E-state index in [0.29, 0.717) is 16.5 Å². The van der Waals surface area contributed by atoms with Crippen molar-refractivity contribution in [2.45, 2.75) is 0 Å². The number of amides is 1. The number of aliphatic hydroxyl groups excluding tert-OH is 1. The number of hydrogen-bond acceptors (Lipinski definition) is 3. The Morgan fingerprint density at radius 1 is 1.43 bits per heavy atom. The van der Waals surface area contributed by atoms with Crippen LogP contribution in [0.2, 0.25) is 5.02 Å². The fourth-order valence-corrected chi connectivity index (χ4v) is 1.42. The average molecular weight is 232 g/mol. The van der Waals surface area contributed by atoms with Crippen LogP contribution in [0.5, 0.6) is 0 Å². The van der Waals surface area contributed by atoms with Crippen molar-refractivity contribution in [3.05, 3.63) is 29.3 Å². The standard InChI is InChI=1S/C9H10ClNO2S/c10-7-1-3-8(4-2-7)11-9(13)14-6-5-12/h1-4,12H,5-6H2,(H,11,13). The number of thioether (sulfide) groups is 1. The molecule has 0 radical (unpaired) electrons. The molecule has 0 aliphatic carbocycles. The highest BCUT2D eigenvalue weighted by molar-refractivity contribution is 8.13. The van der Waals surface area contributed by atoms with Gasteiger partial charge in [0.1, 0.15) is 0 Å². The fourth-order valence-electron chi connectivity index (χ4n) is 0.825. The summed E-state index contributed by atoms with van der Waals surface area (Å²) in [5.74, 6) is 0.402. The van der Waals surface area contributed by atoms with Crippen molar-refractivity contribution in [3.63, 3.8) is 0 Å². The topological polar surface area (TPSA) is 49.3 Å². The lowest BCUT2D eigenvalue weighted by Gasteiger charge is -2.03. The number of rotatable bonds is 3. The molecule has 14 heavy (non-hydrogen) atoms. The van der Waals surface area contributed by atoms with E-state index in [2.05, 4.69) is 5.32 Å². The molecule has 0 saturated heterocycles. The Bertz CT molecular complexity index is 302. The molecule has 0 aliphatic rings. The van der Waals surface area contributed by atoms with Crippen molar-refractivity contribution in [1.82, 2.24) is 0 Å². The first-order valence-corrected chi connectivity index (χ1v) is 5.39. The molecular weight excluding hydrogens is 222 g/mol. The van der Waals surface area contributed by atoms with Crippen LogP contribution in [-0.2, 0) is 0 Å². The highest BCUT2D eigenvalue weighted by Gasteiger charge is 2.01. The van der Waals surface area contributed by atoms with Crippen molar-refractivity contribution in [2.24, 2.45) is 0 Å². The maximum Gasteiger partial charge on any atom is 0.283 e. The van der Waals surface area contributed by atoms with E-state index in [0.717, 1.165) is 11.8 Å². The van der Waals surface area contributed by atoms with Crippen LogP contribution >= 0.6 is 23.4 Å². The van der Waals surface area contributed by atoms with Crippen molar-refractivity contribution in [1.29, 1.82) is 0 Å². The highest BCUT2D eigenvalue weighted by Crippen LogP contribution is 2.15. The molecule has 76 valence electrons. The van der Waals surface area contributed by atoms with E-state index in [1.54, 1.807) is 24.3 Å². The fraction of sp³-hybridized carbons (Fsp3) is 0.222. The third kappa shape index (κ3) is 4.00. The lowest BCUT2D eigenvalue weighted by atomic mass is 10.3. The van der Waals surface area contributed by atoms with Crippen molar-refractivity contribution < 1.29 is 9.90 Å². The number of nitrogens with one attached hydrogen (secondary N) is 1. The number of benzene rings is 1. The van der Waals surface area contributed by atoms with Gasteiger partial charge in [-0.05, 0) is 24.3 Å². The molecule has 0 bridgehead atoms. The van der Waals surface area contributed by atoms with Gasteiger partial charge in [0.25, 0.3) is 5.24 Å². The van der Waals surface area contributed by atoms with Gasteiger partial charge in [0, 0.05) is 16.5 Å². The van der Waals surface area contributed by atoms with Crippen LogP contribution in [-0.4, -0.2) is 22.7 Å². The van der Waals surface area contributed by atoms with Gasteiger partial charge in [0.2, 0.25) is 0 Å². The van der Waals surface area contributed by atoms with E-state index in [1.165, 1.54) is 0 Å². The second-order valence-corrected chi connectivity index (χ2v) is 4.00. The normalized spacial score (nSPS) is 9.86. The third-order valence-corrected chi connectivity index (χ3v) is 2.42. The molecule has 0 aliphatic heterocycles. The van der Waals surface area contributed by atoms with Crippen LogP contribution in [0.25, 0.3) is 0 Å². The smallest absolute Gasteiger partial charge is 0.283 e. The minimum absolute atomic E-state index is 0.00129. The second-order valence-electron chi connectivity index (χ2n) is 2.49. The van der Waals surface area contributed by atoms with E-state index in [4.69, 9.17) is 16.7 Å². The van der Waals surface area contributed by atoms with Crippen molar-refractivity contribution >= 4 is 34.3 Å². The number of hydrogen-bond donors (Lipinski definition) is 2. The van der Waals surface area contributed by atoms with E-state index < -0.39 is 0 Å². The number of carbonyl (C=O) groups excluding carboxylic acids is 1. The van der Waals surface area contributed by atoms with Gasteiger partial charge in [-0.25, -0.2) is 0 Å². The molecule has 0 fully saturated rings. The first kappa shape index (κ1) is 11.4. The average Bonchev–Trinajstić information content (AvgIpc) is 2.18. The number of halogens is 1. The third-order valence-electron chi connectivity index (χ3n) is 1.42. The lowest BCUT2D eigenvalue weighted by molar-refractivity contribution is 0.269. The number of anilines is 1. The molecular formula is C9H10ClNO2S. The zero-order chi connectivity index (χ0) is 10.4. The van der Waals surface area contributed by atoms with E-state index in [-0.39, 0.29) is 11.8 Å². The summed E-state index contributed by atoms with van der Waals surface area (Å²) in [4.78, 5) is 11.2. The van der Waals surface area contributed by atoms with Crippen LogP contribution in [0.4, 0.5) is 10.5 Å². The summed E-state index contributed by atoms with van der Waals surface area (Å²) in [6.07, 6.45) is 0. The van der Waals surface area contributed by atoms with Crippen LogP contribution < -0.4 is 5.32 Å². The number of aliphatic hydroxyl groups is 1. The van der Waals surface area contributed by atoms with Gasteiger partial charge in [-0.1, -0.05) is 23.4 Å². The Morgan fingerprint density at radius 3 is 2.64 bits per heavy atom. The van der Waals surface area contributed by atoms with E-state index in [1.807, 2.05) is 0 Å². The zero-order valence-electron chi connectivity index (χ0n) is 7.37. The first-order chi connectivity index (χ1) is 6.72. The Labute approximate surface area is 91.5 Å². The van der Waals surface area contributed by atoms with Gasteiger partial charge in [0.15, 0.2) is 0 Å². The van der Waals surface area contributed by atoms with Crippen molar-refractivity contribution in [3.8, 4) is 0 Å². The molecule has 0 spiro atoms. The molecule has 1 aromatic carbocycles. The number of carbonyl (C=O) groups is 1. The molecule has 3 nitrogen and oxygen atoms in total. The first-order valence-electron chi connectivity index (χ1n) is 4.02. The summed E-state index contributed by atoms with van der Waals surface area (Å²) < 4.78 is 0. The van der Waals surface area contributed by atoms with E-state index >= 15 is 0 Å². The van der Waals surface area contributed by atoms with Gasteiger partial charge >= 0.3 is 0 Å². The summed E-state index contributed by atoms with van der Waals surface area (Å²) in [6, 6.07) is 6.85. The van der Waals surface area contributed by atoms with Crippen LogP contribution in [0, 0.1) is 0 Å². The molecule has 0 aromatic heterocycles. The predicted molar refractivity (Wildman–Crippen MR) is 60.0 cm³/mol. The lowest BCUT2D eigenvalue weighted by Crippen LogP contribution is -2.06. The molecule has 1 amide bonds. The quantitative estimate of drug-likeness (QED) is 0.841. The van der Waals surface area contributed by atoms with Gasteiger partial charge < -0.3 is 10.4 Å². The van der Waals surface area contributed by atoms with Crippen LogP contribution in [0.3, 0.4) is 0 Å². The molecule has 0 unspecified atom stereocenters. The maximum absolute atomic E-state index is 11.2. The molecule has 2 N–H and O–H groups in total. The van der Waals surface area contributed by atoms with Crippen LogP contribution in [0.1, 0.15) is 0 Å². The Hall–Kier alpha value is -0.710. The van der Waals surface area contributed by atoms with Gasteiger partial charge in [-0.3, -0.25) is 4.79 Å². The van der Waals surface area contributed by atoms with Crippen LogP contribution in [0.15, 0.2) is 24.3 Å². The molecule has 1 aromatic rings. The van der Waals surface area contributed by atoms with Gasteiger partial charge in [-0.2, -0.15) is 0 Å². The summed E-state index contributed by atoms with van der Waals surface area (Å²) in [6.45, 7) is -0.00129. The molecule has 0 saturated carbocycles. The van der Waals surface area contributed by atoms with Crippen molar-refractivity contribution in [2.75, 3.05) is 17.7 Å². The minimum Gasteiger partial charge on any atom is -0.396 e. The Morgan fingerprint density at radius 2 is 2.07 bits per heavy atom. The van der Waals surface area contributed by atoms with Gasteiger partial charge in [-0.15, -0.1) is 0 Å². The Balaban J connectivity index is 2.44. The summed E-state index contributed by atoms with van der Waals surface area (Å²) >= 11 is 6.72. The Kier molecular flexibility index (Phi) is 4.79. The SMILES string of the molecule is O=C(Nc1ccc(Cl)cc1)SCCO. The second kappa shape index (κ2) is 5.90. The monoisotopic (exact) mass is 231 g/mol. The van der Waals surface area contributed by atoms with Gasteiger partial charge in [0.05, 0.1) is 6.61 Å². The minimum atomic E-state index is -0.179. The zero-order valence-corrected chi connectivity index (χ0v) is 8.94. The molecule has 1 rings (SSSR count). The molecule has 5 heteroatoms. The summed E-state index contributed by atoms with van der Waals surface area (Å²) in [5.41, 5.74) is 0.699. The summed E-state index contributed by atoms with van der Waals surface area (Å²) in [7, 11) is 0. The predicted octanol–water partition coefficient (Wildman–Crippen LogP) is 2.60. The van der Waals surface area contributed by atoms with E-state index in [9.17, 15) is 4.79 Å². The largest absolute Gasteiger partial charge is 0.396 e. The summed E-state index contributed by atoms with van der Waals surface area (Å²) in [5, 5.41) is 11.6. The molecule has 0 atom stereocenters. The molecule has 0 heterocycles. The maximum atomic E-state index is 11.2. The highest BCUT2D eigenvalue weighted by atomic mass is 35.5.